The number of aryl methyl sites for hydroxylation is 3. The molecule has 0 fully saturated rings. The molecule has 3 aromatic heterocycles. The van der Waals surface area contributed by atoms with E-state index in [0.717, 1.165) is 52.0 Å². The number of nitrogens with two attached hydrogens (primary N) is 1. The van der Waals surface area contributed by atoms with Gasteiger partial charge >= 0.3 is 6.03 Å². The SMILES string of the molecule is Cc1n[nH]c(C)c1-c1cncc(-c2cnc3c(c2)CCCN3C(N)=O)c1. The number of hydrogen-bond acceptors (Lipinski definition) is 4. The molecule has 1 aliphatic rings. The second-order valence-corrected chi connectivity index (χ2v) is 6.57. The largest absolute Gasteiger partial charge is 0.351 e. The fourth-order valence-electron chi connectivity index (χ4n) is 3.55. The number of rotatable bonds is 2. The number of pyridine rings is 2. The number of aromatic amines is 1. The van der Waals surface area contributed by atoms with Crippen LogP contribution in [0.2, 0.25) is 0 Å². The zero-order valence-corrected chi connectivity index (χ0v) is 14.8. The van der Waals surface area contributed by atoms with Gasteiger partial charge < -0.3 is 5.73 Å². The molecule has 2 amide bonds. The molecule has 26 heavy (non-hydrogen) atoms. The van der Waals surface area contributed by atoms with Crippen LogP contribution >= 0.6 is 0 Å². The van der Waals surface area contributed by atoms with Crippen LogP contribution in [0.4, 0.5) is 10.6 Å². The average Bonchev–Trinajstić information content (AvgIpc) is 2.99. The number of primary amides is 1. The Morgan fingerprint density at radius 1 is 1.15 bits per heavy atom. The molecular weight excluding hydrogens is 328 g/mol. The van der Waals surface area contributed by atoms with Gasteiger partial charge in [0.25, 0.3) is 0 Å². The molecule has 1 aliphatic heterocycles. The van der Waals surface area contributed by atoms with E-state index in [1.807, 2.05) is 26.2 Å². The van der Waals surface area contributed by atoms with Gasteiger partial charge in [0.1, 0.15) is 5.82 Å². The number of hydrogen-bond donors (Lipinski definition) is 2. The molecule has 0 atom stereocenters. The zero-order chi connectivity index (χ0) is 18.3. The van der Waals surface area contributed by atoms with Gasteiger partial charge in [0.15, 0.2) is 0 Å². The van der Waals surface area contributed by atoms with Crippen LogP contribution in [0.25, 0.3) is 22.3 Å². The predicted octanol–water partition coefficient (Wildman–Crippen LogP) is 2.98. The number of fused-ring (bicyclic) bond motifs is 1. The van der Waals surface area contributed by atoms with Crippen molar-refractivity contribution in [3.63, 3.8) is 0 Å². The molecule has 0 aliphatic carbocycles. The normalized spacial score (nSPS) is 13.5. The monoisotopic (exact) mass is 348 g/mol. The zero-order valence-electron chi connectivity index (χ0n) is 14.8. The van der Waals surface area contributed by atoms with Crippen molar-refractivity contribution in [3.05, 3.63) is 47.7 Å². The summed E-state index contributed by atoms with van der Waals surface area (Å²) < 4.78 is 0. The molecule has 7 nitrogen and oxygen atoms in total. The maximum absolute atomic E-state index is 11.6. The van der Waals surface area contributed by atoms with E-state index in [9.17, 15) is 4.79 Å². The average molecular weight is 348 g/mol. The van der Waals surface area contributed by atoms with Gasteiger partial charge in [-0.05, 0) is 44.4 Å². The lowest BCUT2D eigenvalue weighted by molar-refractivity contribution is 0.253. The Hall–Kier alpha value is -3.22. The van der Waals surface area contributed by atoms with Crippen molar-refractivity contribution in [3.8, 4) is 22.3 Å². The van der Waals surface area contributed by atoms with Crippen LogP contribution in [0.3, 0.4) is 0 Å². The quantitative estimate of drug-likeness (QED) is 0.743. The summed E-state index contributed by atoms with van der Waals surface area (Å²) in [5.74, 6) is 0.665. The predicted molar refractivity (Wildman–Crippen MR) is 99.8 cm³/mol. The second-order valence-electron chi connectivity index (χ2n) is 6.57. The first-order valence-corrected chi connectivity index (χ1v) is 8.58. The molecule has 0 radical (unpaired) electrons. The second kappa shape index (κ2) is 6.25. The van der Waals surface area contributed by atoms with Crippen LogP contribution in [0.15, 0.2) is 30.7 Å². The van der Waals surface area contributed by atoms with Gasteiger partial charge in [0.05, 0.1) is 5.69 Å². The molecule has 4 rings (SSSR count). The van der Waals surface area contributed by atoms with Crippen LogP contribution in [0, 0.1) is 13.8 Å². The maximum atomic E-state index is 11.6. The fraction of sp³-hybridized carbons (Fsp3) is 0.263. The summed E-state index contributed by atoms with van der Waals surface area (Å²) in [6, 6.07) is 3.71. The molecule has 4 heterocycles. The summed E-state index contributed by atoms with van der Waals surface area (Å²) in [7, 11) is 0. The smallest absolute Gasteiger partial charge is 0.320 e. The summed E-state index contributed by atoms with van der Waals surface area (Å²) in [6.45, 7) is 4.59. The topological polar surface area (TPSA) is 101 Å². The van der Waals surface area contributed by atoms with Crippen LogP contribution in [0.5, 0.6) is 0 Å². The van der Waals surface area contributed by atoms with Gasteiger partial charge in [-0.15, -0.1) is 0 Å². The summed E-state index contributed by atoms with van der Waals surface area (Å²) in [5.41, 5.74) is 12.5. The van der Waals surface area contributed by atoms with Crippen molar-refractivity contribution >= 4 is 11.8 Å². The van der Waals surface area contributed by atoms with Crippen LogP contribution in [0.1, 0.15) is 23.4 Å². The Morgan fingerprint density at radius 3 is 2.65 bits per heavy atom. The van der Waals surface area contributed by atoms with E-state index in [0.29, 0.717) is 12.4 Å². The molecule has 3 aromatic rings. The molecule has 3 N–H and O–H groups in total. The number of anilines is 1. The van der Waals surface area contributed by atoms with Gasteiger partial charge in [-0.3, -0.25) is 15.0 Å². The highest BCUT2D eigenvalue weighted by Crippen LogP contribution is 2.32. The Balaban J connectivity index is 1.75. The van der Waals surface area contributed by atoms with Crippen molar-refractivity contribution in [1.82, 2.24) is 20.2 Å². The first kappa shape index (κ1) is 16.3. The van der Waals surface area contributed by atoms with Gasteiger partial charge in [0, 0.05) is 53.1 Å². The minimum absolute atomic E-state index is 0.458. The Morgan fingerprint density at radius 2 is 1.92 bits per heavy atom. The highest BCUT2D eigenvalue weighted by molar-refractivity contribution is 5.91. The molecule has 132 valence electrons. The number of urea groups is 1. The standard InChI is InChI=1S/C19H20N6O/c1-11-17(12(2)24-23-11)16-7-14(8-21-9-16)15-6-13-4-3-5-25(19(20)26)18(13)22-10-15/h6-10H,3-5H2,1-2H3,(H2,20,26)(H,23,24). The van der Waals surface area contributed by atoms with Gasteiger partial charge in [-0.1, -0.05) is 0 Å². The first-order chi connectivity index (χ1) is 12.5. The Kier molecular flexibility index (Phi) is 3.91. The van der Waals surface area contributed by atoms with Crippen LogP contribution in [-0.2, 0) is 6.42 Å². The van der Waals surface area contributed by atoms with Crippen molar-refractivity contribution in [1.29, 1.82) is 0 Å². The molecule has 0 unspecified atom stereocenters. The Bertz CT molecular complexity index is 974. The van der Waals surface area contributed by atoms with Crippen LogP contribution in [-0.4, -0.2) is 32.7 Å². The first-order valence-electron chi connectivity index (χ1n) is 8.58. The minimum Gasteiger partial charge on any atom is -0.351 e. The summed E-state index contributed by atoms with van der Waals surface area (Å²) in [5, 5.41) is 7.27. The third kappa shape index (κ3) is 2.71. The Labute approximate surface area is 151 Å². The van der Waals surface area contributed by atoms with Gasteiger partial charge in [-0.25, -0.2) is 9.78 Å². The number of nitrogens with zero attached hydrogens (tertiary/aromatic N) is 4. The van der Waals surface area contributed by atoms with Crippen LogP contribution < -0.4 is 10.6 Å². The van der Waals surface area contributed by atoms with E-state index in [-0.39, 0.29) is 0 Å². The van der Waals surface area contributed by atoms with E-state index >= 15 is 0 Å². The number of amides is 2. The molecule has 0 saturated heterocycles. The van der Waals surface area contributed by atoms with Crippen molar-refractivity contribution < 1.29 is 4.79 Å². The lowest BCUT2D eigenvalue weighted by atomic mass is 9.99. The number of H-pyrrole nitrogens is 1. The van der Waals surface area contributed by atoms with E-state index in [1.165, 1.54) is 4.90 Å². The summed E-state index contributed by atoms with van der Waals surface area (Å²) in [4.78, 5) is 22.0. The van der Waals surface area contributed by atoms with Crippen molar-refractivity contribution in [2.75, 3.05) is 11.4 Å². The van der Waals surface area contributed by atoms with Crippen molar-refractivity contribution in [2.24, 2.45) is 5.73 Å². The highest BCUT2D eigenvalue weighted by atomic mass is 16.2. The van der Waals surface area contributed by atoms with Gasteiger partial charge in [0.2, 0.25) is 0 Å². The highest BCUT2D eigenvalue weighted by Gasteiger charge is 2.22. The third-order valence-electron chi connectivity index (χ3n) is 4.78. The number of nitrogens with one attached hydrogen (secondary N) is 1. The summed E-state index contributed by atoms with van der Waals surface area (Å²) >= 11 is 0. The number of carbonyl (C=O) groups is 1. The van der Waals surface area contributed by atoms with E-state index < -0.39 is 6.03 Å². The minimum atomic E-state index is -0.458. The molecular formula is C19H20N6O. The van der Waals surface area contributed by atoms with E-state index in [2.05, 4.69) is 32.3 Å². The molecule has 0 spiro atoms. The van der Waals surface area contributed by atoms with Crippen molar-refractivity contribution in [2.45, 2.75) is 26.7 Å². The lowest BCUT2D eigenvalue weighted by Crippen LogP contribution is -2.40. The third-order valence-corrected chi connectivity index (χ3v) is 4.78. The lowest BCUT2D eigenvalue weighted by Gasteiger charge is -2.26. The molecule has 0 saturated carbocycles. The van der Waals surface area contributed by atoms with Gasteiger partial charge in [-0.2, -0.15) is 5.10 Å². The summed E-state index contributed by atoms with van der Waals surface area (Å²) in [6.07, 6.45) is 7.21. The number of aromatic nitrogens is 4. The molecule has 7 heteroatoms. The number of carbonyl (C=O) groups excluding carboxylic acids is 1. The molecule has 0 bridgehead atoms. The molecule has 0 aromatic carbocycles. The van der Waals surface area contributed by atoms with E-state index in [1.54, 1.807) is 6.20 Å². The maximum Gasteiger partial charge on any atom is 0.320 e. The fourth-order valence-corrected chi connectivity index (χ4v) is 3.55. The van der Waals surface area contributed by atoms with E-state index in [4.69, 9.17) is 5.73 Å².